The van der Waals surface area contributed by atoms with Crippen molar-refractivity contribution in [1.29, 1.82) is 0 Å². The third kappa shape index (κ3) is 3.16. The normalized spacial score (nSPS) is 17.8. The van der Waals surface area contributed by atoms with Crippen LogP contribution in [0.15, 0.2) is 11.2 Å². The molecule has 0 radical (unpaired) electrons. The lowest BCUT2D eigenvalue weighted by Gasteiger charge is -2.37. The SMILES string of the molecule is Cc1cc(/C(N)=N/O)nc(N2CCN(C(C)C)CC2)n1. The Balaban J connectivity index is 2.16. The summed E-state index contributed by atoms with van der Waals surface area (Å²) in [7, 11) is 0. The summed E-state index contributed by atoms with van der Waals surface area (Å²) >= 11 is 0. The van der Waals surface area contributed by atoms with Gasteiger partial charge in [-0.3, -0.25) is 4.90 Å². The lowest BCUT2D eigenvalue weighted by atomic mass is 10.2. The van der Waals surface area contributed by atoms with Gasteiger partial charge >= 0.3 is 0 Å². The Morgan fingerprint density at radius 2 is 1.95 bits per heavy atom. The molecule has 1 saturated heterocycles. The van der Waals surface area contributed by atoms with Gasteiger partial charge in [0.25, 0.3) is 0 Å². The summed E-state index contributed by atoms with van der Waals surface area (Å²) in [4.78, 5) is 13.4. The number of amidine groups is 1. The second kappa shape index (κ2) is 6.04. The number of hydrogen-bond acceptors (Lipinski definition) is 6. The number of aryl methyl sites for hydroxylation is 1. The van der Waals surface area contributed by atoms with Crippen LogP contribution in [0.5, 0.6) is 0 Å². The van der Waals surface area contributed by atoms with E-state index >= 15 is 0 Å². The number of nitrogens with two attached hydrogens (primary N) is 1. The minimum atomic E-state index is 0.0116. The van der Waals surface area contributed by atoms with Crippen molar-refractivity contribution < 1.29 is 5.21 Å². The van der Waals surface area contributed by atoms with Gasteiger partial charge in [0.1, 0.15) is 5.69 Å². The van der Waals surface area contributed by atoms with E-state index in [1.165, 1.54) is 0 Å². The molecule has 0 spiro atoms. The first-order valence-electron chi connectivity index (χ1n) is 6.84. The van der Waals surface area contributed by atoms with Crippen LogP contribution in [0.4, 0.5) is 5.95 Å². The van der Waals surface area contributed by atoms with Crippen LogP contribution in [0.1, 0.15) is 25.2 Å². The fourth-order valence-corrected chi connectivity index (χ4v) is 2.32. The first-order chi connectivity index (χ1) is 9.51. The van der Waals surface area contributed by atoms with Crippen LogP contribution in [0.25, 0.3) is 0 Å². The Morgan fingerprint density at radius 1 is 1.30 bits per heavy atom. The molecule has 1 aliphatic heterocycles. The smallest absolute Gasteiger partial charge is 0.226 e. The first kappa shape index (κ1) is 14.5. The van der Waals surface area contributed by atoms with Gasteiger partial charge in [0.05, 0.1) is 0 Å². The fraction of sp³-hybridized carbons (Fsp3) is 0.615. The molecule has 0 aliphatic carbocycles. The highest BCUT2D eigenvalue weighted by Gasteiger charge is 2.21. The maximum Gasteiger partial charge on any atom is 0.226 e. The number of aromatic nitrogens is 2. The third-order valence-corrected chi connectivity index (χ3v) is 3.54. The number of hydrogen-bond donors (Lipinski definition) is 2. The van der Waals surface area contributed by atoms with Gasteiger partial charge in [-0.1, -0.05) is 5.16 Å². The number of rotatable bonds is 3. The number of oxime groups is 1. The van der Waals surface area contributed by atoms with E-state index in [-0.39, 0.29) is 5.84 Å². The Morgan fingerprint density at radius 3 is 2.50 bits per heavy atom. The van der Waals surface area contributed by atoms with E-state index in [1.54, 1.807) is 6.07 Å². The Kier molecular flexibility index (Phi) is 4.39. The highest BCUT2D eigenvalue weighted by molar-refractivity contribution is 5.95. The van der Waals surface area contributed by atoms with Crippen molar-refractivity contribution in [3.8, 4) is 0 Å². The molecule has 0 atom stereocenters. The lowest BCUT2D eigenvalue weighted by molar-refractivity contribution is 0.208. The van der Waals surface area contributed by atoms with Gasteiger partial charge in [0.15, 0.2) is 5.84 Å². The largest absolute Gasteiger partial charge is 0.409 e. The van der Waals surface area contributed by atoms with Crippen molar-refractivity contribution in [3.05, 3.63) is 17.5 Å². The monoisotopic (exact) mass is 278 g/mol. The van der Waals surface area contributed by atoms with E-state index in [0.717, 1.165) is 31.9 Å². The molecule has 0 aromatic carbocycles. The summed E-state index contributed by atoms with van der Waals surface area (Å²) in [6, 6.07) is 2.27. The molecule has 1 aromatic heterocycles. The van der Waals surface area contributed by atoms with Crippen LogP contribution in [0, 0.1) is 6.92 Å². The summed E-state index contributed by atoms with van der Waals surface area (Å²) < 4.78 is 0. The first-order valence-corrected chi connectivity index (χ1v) is 6.84. The minimum absolute atomic E-state index is 0.0116. The molecule has 0 bridgehead atoms. The number of nitrogens with zero attached hydrogens (tertiary/aromatic N) is 5. The molecule has 110 valence electrons. The van der Waals surface area contributed by atoms with Crippen molar-refractivity contribution in [2.24, 2.45) is 10.9 Å². The Labute approximate surface area is 119 Å². The average Bonchev–Trinajstić information content (AvgIpc) is 2.45. The Bertz CT molecular complexity index is 494. The van der Waals surface area contributed by atoms with Crippen LogP contribution in [-0.2, 0) is 0 Å². The van der Waals surface area contributed by atoms with Crippen molar-refractivity contribution >= 4 is 11.8 Å². The quantitative estimate of drug-likeness (QED) is 0.360. The molecule has 20 heavy (non-hydrogen) atoms. The van der Waals surface area contributed by atoms with Crippen LogP contribution < -0.4 is 10.6 Å². The minimum Gasteiger partial charge on any atom is -0.409 e. The second-order valence-corrected chi connectivity index (χ2v) is 5.30. The molecule has 0 saturated carbocycles. The van der Waals surface area contributed by atoms with Crippen molar-refractivity contribution in [2.45, 2.75) is 26.8 Å². The molecular formula is C13H22N6O. The molecule has 3 N–H and O–H groups in total. The molecule has 2 heterocycles. The maximum absolute atomic E-state index is 8.76. The predicted octanol–water partition coefficient (Wildman–Crippen LogP) is 0.410. The zero-order chi connectivity index (χ0) is 14.7. The van der Waals surface area contributed by atoms with Gasteiger partial charge in [-0.15, -0.1) is 0 Å². The number of piperazine rings is 1. The topological polar surface area (TPSA) is 90.9 Å². The van der Waals surface area contributed by atoms with E-state index in [4.69, 9.17) is 10.9 Å². The summed E-state index contributed by atoms with van der Waals surface area (Å²) in [5, 5.41) is 11.8. The number of anilines is 1. The van der Waals surface area contributed by atoms with Gasteiger partial charge in [-0.2, -0.15) is 0 Å². The van der Waals surface area contributed by atoms with Crippen LogP contribution in [-0.4, -0.2) is 58.1 Å². The van der Waals surface area contributed by atoms with Crippen molar-refractivity contribution in [2.75, 3.05) is 31.1 Å². The predicted molar refractivity (Wildman–Crippen MR) is 78.2 cm³/mol. The third-order valence-electron chi connectivity index (χ3n) is 3.54. The molecular weight excluding hydrogens is 256 g/mol. The molecule has 7 nitrogen and oxygen atoms in total. The van der Waals surface area contributed by atoms with E-state index < -0.39 is 0 Å². The summed E-state index contributed by atoms with van der Waals surface area (Å²) in [6.07, 6.45) is 0. The van der Waals surface area contributed by atoms with Gasteiger partial charge < -0.3 is 15.8 Å². The van der Waals surface area contributed by atoms with Gasteiger partial charge in [-0.05, 0) is 26.8 Å². The molecule has 2 rings (SSSR count). The standard InChI is InChI=1S/C13H22N6O/c1-9(2)18-4-6-19(7-5-18)13-15-10(3)8-11(16-13)12(14)17-20/h8-9,20H,4-7H2,1-3H3,(H2,14,17). The molecule has 1 fully saturated rings. The maximum atomic E-state index is 8.76. The zero-order valence-electron chi connectivity index (χ0n) is 12.2. The van der Waals surface area contributed by atoms with E-state index in [1.807, 2.05) is 6.92 Å². The van der Waals surface area contributed by atoms with Gasteiger partial charge in [0.2, 0.25) is 5.95 Å². The van der Waals surface area contributed by atoms with Crippen LogP contribution in [0.3, 0.4) is 0 Å². The van der Waals surface area contributed by atoms with Gasteiger partial charge in [-0.25, -0.2) is 9.97 Å². The Hall–Kier alpha value is -1.89. The lowest BCUT2D eigenvalue weighted by Crippen LogP contribution is -2.49. The molecule has 1 aliphatic rings. The van der Waals surface area contributed by atoms with Crippen molar-refractivity contribution in [3.63, 3.8) is 0 Å². The fourth-order valence-electron chi connectivity index (χ4n) is 2.32. The molecule has 7 heteroatoms. The molecule has 1 aromatic rings. The van der Waals surface area contributed by atoms with Crippen LogP contribution in [0.2, 0.25) is 0 Å². The summed E-state index contributed by atoms with van der Waals surface area (Å²) in [6.45, 7) is 10.0. The van der Waals surface area contributed by atoms with Gasteiger partial charge in [0, 0.05) is 37.9 Å². The van der Waals surface area contributed by atoms with Crippen LogP contribution >= 0.6 is 0 Å². The van der Waals surface area contributed by atoms with Crippen molar-refractivity contribution in [1.82, 2.24) is 14.9 Å². The van der Waals surface area contributed by atoms with E-state index in [0.29, 0.717) is 17.7 Å². The molecule has 0 amide bonds. The highest BCUT2D eigenvalue weighted by atomic mass is 16.4. The van der Waals surface area contributed by atoms with E-state index in [9.17, 15) is 0 Å². The highest BCUT2D eigenvalue weighted by Crippen LogP contribution is 2.14. The average molecular weight is 278 g/mol. The summed E-state index contributed by atoms with van der Waals surface area (Å²) in [5.74, 6) is 0.660. The molecule has 0 unspecified atom stereocenters. The second-order valence-electron chi connectivity index (χ2n) is 5.30. The summed E-state index contributed by atoms with van der Waals surface area (Å²) in [5.41, 5.74) is 6.87. The zero-order valence-corrected chi connectivity index (χ0v) is 12.2. The van der Waals surface area contributed by atoms with E-state index in [2.05, 4.69) is 38.8 Å².